The first-order valence-electron chi connectivity index (χ1n) is 7.60. The smallest absolute Gasteiger partial charge is 0.317 e. The van der Waals surface area contributed by atoms with Gasteiger partial charge in [0, 0.05) is 31.3 Å². The highest BCUT2D eigenvalue weighted by atomic mass is 16.6. The Bertz CT molecular complexity index is 512. The number of piperidine rings is 1. The zero-order chi connectivity index (χ0) is 15.9. The minimum Gasteiger partial charge on any atom is -0.334 e. The van der Waals surface area contributed by atoms with E-state index in [2.05, 4.69) is 10.6 Å². The molecular weight excluding hydrogens is 284 g/mol. The third-order valence-corrected chi connectivity index (χ3v) is 3.94. The maximum atomic E-state index is 12.3. The molecule has 1 aliphatic rings. The number of hydrogen-bond donors (Lipinski definition) is 2. The summed E-state index contributed by atoms with van der Waals surface area (Å²) in [5.74, 6) is 0. The minimum absolute atomic E-state index is 0.0555. The number of nitro benzene ring substituents is 1. The van der Waals surface area contributed by atoms with Crippen LogP contribution in [0.5, 0.6) is 0 Å². The zero-order valence-corrected chi connectivity index (χ0v) is 12.7. The van der Waals surface area contributed by atoms with E-state index in [0.717, 1.165) is 31.5 Å². The van der Waals surface area contributed by atoms with E-state index in [0.29, 0.717) is 13.1 Å². The number of carbonyl (C=O) groups excluding carboxylic acids is 1. The fourth-order valence-corrected chi connectivity index (χ4v) is 2.70. The number of nitro groups is 1. The number of hydrogen-bond acceptors (Lipinski definition) is 4. The minimum atomic E-state index is -0.432. The molecule has 120 valence electrons. The summed E-state index contributed by atoms with van der Waals surface area (Å²) in [6.45, 7) is 4.91. The maximum Gasteiger partial charge on any atom is 0.317 e. The lowest BCUT2D eigenvalue weighted by molar-refractivity contribution is -0.384. The van der Waals surface area contributed by atoms with Crippen LogP contribution in [0.4, 0.5) is 10.5 Å². The Hall–Kier alpha value is -2.15. The highest BCUT2D eigenvalue weighted by Crippen LogP contribution is 2.13. The number of benzene rings is 1. The number of rotatable bonds is 5. The second-order valence-corrected chi connectivity index (χ2v) is 5.35. The van der Waals surface area contributed by atoms with Gasteiger partial charge in [0.25, 0.3) is 5.69 Å². The normalized spacial score (nSPS) is 15.3. The van der Waals surface area contributed by atoms with Crippen LogP contribution in [0.3, 0.4) is 0 Å². The quantitative estimate of drug-likeness (QED) is 0.642. The molecule has 1 aromatic carbocycles. The van der Waals surface area contributed by atoms with E-state index in [-0.39, 0.29) is 17.8 Å². The number of carbonyl (C=O) groups is 1. The fourth-order valence-electron chi connectivity index (χ4n) is 2.70. The van der Waals surface area contributed by atoms with E-state index in [1.165, 1.54) is 12.1 Å². The molecule has 0 aromatic heterocycles. The topological polar surface area (TPSA) is 87.5 Å². The number of urea groups is 1. The van der Waals surface area contributed by atoms with Gasteiger partial charge in [0.05, 0.1) is 4.92 Å². The first kappa shape index (κ1) is 16.2. The van der Waals surface area contributed by atoms with Crippen LogP contribution in [0.2, 0.25) is 0 Å². The van der Waals surface area contributed by atoms with Crippen molar-refractivity contribution in [2.45, 2.75) is 32.4 Å². The molecule has 0 saturated carbocycles. The van der Waals surface area contributed by atoms with E-state index < -0.39 is 4.92 Å². The Morgan fingerprint density at radius 2 is 2.00 bits per heavy atom. The van der Waals surface area contributed by atoms with E-state index in [4.69, 9.17) is 0 Å². The molecule has 1 saturated heterocycles. The van der Waals surface area contributed by atoms with E-state index in [9.17, 15) is 14.9 Å². The number of nitrogens with one attached hydrogen (secondary N) is 2. The van der Waals surface area contributed by atoms with Gasteiger partial charge in [-0.3, -0.25) is 10.1 Å². The molecule has 1 fully saturated rings. The van der Waals surface area contributed by atoms with E-state index in [1.54, 1.807) is 12.1 Å². The predicted molar refractivity (Wildman–Crippen MR) is 83.6 cm³/mol. The molecule has 7 heteroatoms. The number of nitrogens with zero attached hydrogens (tertiary/aromatic N) is 2. The highest BCUT2D eigenvalue weighted by Gasteiger charge is 2.23. The van der Waals surface area contributed by atoms with Crippen molar-refractivity contribution in [3.8, 4) is 0 Å². The summed E-state index contributed by atoms with van der Waals surface area (Å²) >= 11 is 0. The molecule has 2 N–H and O–H groups in total. The number of non-ortho nitro benzene ring substituents is 1. The summed E-state index contributed by atoms with van der Waals surface area (Å²) in [7, 11) is 0. The van der Waals surface area contributed by atoms with Crippen molar-refractivity contribution in [2.24, 2.45) is 0 Å². The molecule has 2 rings (SSSR count). The van der Waals surface area contributed by atoms with Crippen LogP contribution in [0.25, 0.3) is 0 Å². The molecule has 7 nitrogen and oxygen atoms in total. The molecule has 1 aliphatic heterocycles. The SMILES string of the molecule is CCN(C(=O)NCc1ccc([N+](=O)[O-])cc1)C1CCNCC1. The average molecular weight is 306 g/mol. The first-order chi connectivity index (χ1) is 10.6. The second kappa shape index (κ2) is 7.74. The molecular formula is C15H22N4O3. The molecule has 0 aliphatic carbocycles. The summed E-state index contributed by atoms with van der Waals surface area (Å²) in [6, 6.07) is 6.44. The molecule has 0 spiro atoms. The molecule has 0 bridgehead atoms. The van der Waals surface area contributed by atoms with Crippen LogP contribution in [-0.2, 0) is 6.54 Å². The molecule has 0 radical (unpaired) electrons. The van der Waals surface area contributed by atoms with Gasteiger partial charge in [0.2, 0.25) is 0 Å². The van der Waals surface area contributed by atoms with Crippen LogP contribution >= 0.6 is 0 Å². The summed E-state index contributed by atoms with van der Waals surface area (Å²) in [5, 5.41) is 16.8. The predicted octanol–water partition coefficient (Wildman–Crippen LogP) is 1.88. The lowest BCUT2D eigenvalue weighted by atomic mass is 10.1. The monoisotopic (exact) mass is 306 g/mol. The lowest BCUT2D eigenvalue weighted by Gasteiger charge is -2.33. The first-order valence-corrected chi connectivity index (χ1v) is 7.60. The van der Waals surface area contributed by atoms with E-state index in [1.807, 2.05) is 11.8 Å². The Kier molecular flexibility index (Phi) is 5.71. The largest absolute Gasteiger partial charge is 0.334 e. The van der Waals surface area contributed by atoms with Gasteiger partial charge < -0.3 is 15.5 Å². The zero-order valence-electron chi connectivity index (χ0n) is 12.7. The van der Waals surface area contributed by atoms with Crippen molar-refractivity contribution in [1.82, 2.24) is 15.5 Å². The summed E-state index contributed by atoms with van der Waals surface area (Å²) in [4.78, 5) is 24.3. The third-order valence-electron chi connectivity index (χ3n) is 3.94. The van der Waals surface area contributed by atoms with Crippen LogP contribution in [0.15, 0.2) is 24.3 Å². The highest BCUT2D eigenvalue weighted by molar-refractivity contribution is 5.74. The molecule has 0 atom stereocenters. The maximum absolute atomic E-state index is 12.3. The number of amides is 2. The van der Waals surface area contributed by atoms with E-state index >= 15 is 0 Å². The average Bonchev–Trinajstić information content (AvgIpc) is 2.55. The molecule has 22 heavy (non-hydrogen) atoms. The lowest BCUT2D eigenvalue weighted by Crippen LogP contribution is -2.49. The van der Waals surface area contributed by atoms with Gasteiger partial charge in [0.15, 0.2) is 0 Å². The van der Waals surface area contributed by atoms with Crippen LogP contribution < -0.4 is 10.6 Å². The van der Waals surface area contributed by atoms with Gasteiger partial charge >= 0.3 is 6.03 Å². The Labute approximate surface area is 129 Å². The van der Waals surface area contributed by atoms with Crippen LogP contribution in [0.1, 0.15) is 25.3 Å². The molecule has 1 aromatic rings. The van der Waals surface area contributed by atoms with Crippen LogP contribution in [-0.4, -0.2) is 41.5 Å². The van der Waals surface area contributed by atoms with Gasteiger partial charge in [-0.2, -0.15) is 0 Å². The summed E-state index contributed by atoms with van der Waals surface area (Å²) in [6.07, 6.45) is 1.94. The van der Waals surface area contributed by atoms with Gasteiger partial charge in [-0.05, 0) is 38.4 Å². The second-order valence-electron chi connectivity index (χ2n) is 5.35. The van der Waals surface area contributed by atoms with Gasteiger partial charge in [-0.15, -0.1) is 0 Å². The van der Waals surface area contributed by atoms with Gasteiger partial charge in [-0.25, -0.2) is 4.79 Å². The standard InChI is InChI=1S/C15H22N4O3/c1-2-18(13-7-9-16-10-8-13)15(20)17-11-12-3-5-14(6-4-12)19(21)22/h3-6,13,16H,2,7-11H2,1H3,(H,17,20). The molecule has 1 heterocycles. The fraction of sp³-hybridized carbons (Fsp3) is 0.533. The van der Waals surface area contributed by atoms with Crippen molar-refractivity contribution in [3.05, 3.63) is 39.9 Å². The van der Waals surface area contributed by atoms with Crippen molar-refractivity contribution < 1.29 is 9.72 Å². The van der Waals surface area contributed by atoms with Crippen molar-refractivity contribution in [1.29, 1.82) is 0 Å². The Morgan fingerprint density at radius 3 is 2.55 bits per heavy atom. The van der Waals surface area contributed by atoms with Crippen molar-refractivity contribution in [3.63, 3.8) is 0 Å². The van der Waals surface area contributed by atoms with Gasteiger partial charge in [0.1, 0.15) is 0 Å². The van der Waals surface area contributed by atoms with Crippen molar-refractivity contribution >= 4 is 11.7 Å². The Balaban J connectivity index is 1.88. The summed E-state index contributed by atoms with van der Waals surface area (Å²) < 4.78 is 0. The van der Waals surface area contributed by atoms with Crippen molar-refractivity contribution in [2.75, 3.05) is 19.6 Å². The van der Waals surface area contributed by atoms with Crippen LogP contribution in [0, 0.1) is 10.1 Å². The third kappa shape index (κ3) is 4.17. The molecule has 2 amide bonds. The summed E-state index contributed by atoms with van der Waals surface area (Å²) in [5.41, 5.74) is 0.903. The van der Waals surface area contributed by atoms with Gasteiger partial charge in [-0.1, -0.05) is 12.1 Å². The molecule has 0 unspecified atom stereocenters. The Morgan fingerprint density at radius 1 is 1.36 bits per heavy atom.